The maximum atomic E-state index is 11.7. The van der Waals surface area contributed by atoms with Crippen LogP contribution >= 0.6 is 24.0 Å². The van der Waals surface area contributed by atoms with Crippen LogP contribution in [-0.2, 0) is 4.79 Å². The van der Waals surface area contributed by atoms with E-state index in [0.717, 1.165) is 50.6 Å². The average Bonchev–Trinajstić information content (AvgIpc) is 3.41. The summed E-state index contributed by atoms with van der Waals surface area (Å²) in [6.07, 6.45) is 3.20. The SMILES string of the molecule is CCNC(=NCCNC(=O)C1CC1)N1CCC(c2ccc(OC)cc2)C1.I. The number of carbonyl (C=O) groups is 1. The normalized spacial score (nSPS) is 19.4. The molecule has 1 atom stereocenters. The van der Waals surface area contributed by atoms with Crippen LogP contribution < -0.4 is 15.4 Å². The van der Waals surface area contributed by atoms with Gasteiger partial charge in [0, 0.05) is 38.0 Å². The summed E-state index contributed by atoms with van der Waals surface area (Å²) < 4.78 is 5.24. The maximum absolute atomic E-state index is 11.7. The van der Waals surface area contributed by atoms with Gasteiger partial charge < -0.3 is 20.3 Å². The number of ether oxygens (including phenoxy) is 1. The van der Waals surface area contributed by atoms with Crippen LogP contribution in [-0.4, -0.2) is 56.6 Å². The highest BCUT2D eigenvalue weighted by Gasteiger charge is 2.29. The van der Waals surface area contributed by atoms with Crippen LogP contribution in [0.25, 0.3) is 0 Å². The summed E-state index contributed by atoms with van der Waals surface area (Å²) in [6, 6.07) is 8.37. The Bertz CT molecular complexity index is 631. The molecule has 1 saturated heterocycles. The number of hydrogen-bond donors (Lipinski definition) is 2. The molecule has 0 bridgehead atoms. The molecule has 2 fully saturated rings. The molecule has 0 spiro atoms. The van der Waals surface area contributed by atoms with Crippen LogP contribution in [0.3, 0.4) is 0 Å². The average molecular weight is 486 g/mol. The molecule has 2 N–H and O–H groups in total. The zero-order chi connectivity index (χ0) is 18.4. The fourth-order valence-corrected chi connectivity index (χ4v) is 3.36. The molecular formula is C20H31IN4O2. The maximum Gasteiger partial charge on any atom is 0.223 e. The first-order valence-electron chi connectivity index (χ1n) is 9.66. The summed E-state index contributed by atoms with van der Waals surface area (Å²) in [5, 5.41) is 6.36. The third-order valence-corrected chi connectivity index (χ3v) is 5.03. The second-order valence-electron chi connectivity index (χ2n) is 7.01. The number of rotatable bonds is 7. The number of amides is 1. The molecule has 6 nitrogen and oxygen atoms in total. The molecule has 0 aromatic heterocycles. The molecule has 150 valence electrons. The lowest BCUT2D eigenvalue weighted by atomic mass is 9.98. The summed E-state index contributed by atoms with van der Waals surface area (Å²) in [4.78, 5) is 18.7. The molecular weight excluding hydrogens is 455 g/mol. The Labute approximate surface area is 179 Å². The fraction of sp³-hybridized carbons (Fsp3) is 0.600. The number of halogens is 1. The lowest BCUT2D eigenvalue weighted by Crippen LogP contribution is -2.40. The predicted molar refractivity (Wildman–Crippen MR) is 119 cm³/mol. The largest absolute Gasteiger partial charge is 0.497 e. The fourth-order valence-electron chi connectivity index (χ4n) is 3.36. The number of nitrogens with one attached hydrogen (secondary N) is 2. The van der Waals surface area contributed by atoms with E-state index in [1.54, 1.807) is 7.11 Å². The van der Waals surface area contributed by atoms with E-state index >= 15 is 0 Å². The smallest absolute Gasteiger partial charge is 0.223 e. The molecule has 1 amide bonds. The summed E-state index contributed by atoms with van der Waals surface area (Å²) >= 11 is 0. The number of aliphatic imine (C=N–C) groups is 1. The molecule has 1 aliphatic heterocycles. The first kappa shape index (κ1) is 21.8. The first-order chi connectivity index (χ1) is 12.7. The van der Waals surface area contributed by atoms with Gasteiger partial charge >= 0.3 is 0 Å². The summed E-state index contributed by atoms with van der Waals surface area (Å²) in [7, 11) is 1.69. The quantitative estimate of drug-likeness (QED) is 0.269. The lowest BCUT2D eigenvalue weighted by Gasteiger charge is -2.22. The van der Waals surface area contributed by atoms with Crippen molar-refractivity contribution in [2.75, 3.05) is 39.8 Å². The van der Waals surface area contributed by atoms with Gasteiger partial charge in [0.05, 0.1) is 13.7 Å². The van der Waals surface area contributed by atoms with E-state index in [0.29, 0.717) is 19.0 Å². The van der Waals surface area contributed by atoms with Crippen molar-refractivity contribution in [2.24, 2.45) is 10.9 Å². The Kier molecular flexibility index (Phi) is 8.66. The third kappa shape index (κ3) is 6.26. The topological polar surface area (TPSA) is 66.0 Å². The van der Waals surface area contributed by atoms with Gasteiger partial charge in [-0.1, -0.05) is 12.1 Å². The van der Waals surface area contributed by atoms with Crippen molar-refractivity contribution in [3.05, 3.63) is 29.8 Å². The van der Waals surface area contributed by atoms with Crippen molar-refractivity contribution in [3.63, 3.8) is 0 Å². The van der Waals surface area contributed by atoms with Gasteiger partial charge in [-0.05, 0) is 43.9 Å². The molecule has 2 aliphatic rings. The molecule has 1 saturated carbocycles. The zero-order valence-corrected chi connectivity index (χ0v) is 18.6. The summed E-state index contributed by atoms with van der Waals surface area (Å²) in [5.41, 5.74) is 1.35. The Morgan fingerprint density at radius 1 is 1.22 bits per heavy atom. The number of benzene rings is 1. The molecule has 7 heteroatoms. The number of likely N-dealkylation sites (tertiary alicyclic amines) is 1. The van der Waals surface area contributed by atoms with Crippen molar-refractivity contribution in [1.82, 2.24) is 15.5 Å². The number of nitrogens with zero attached hydrogens (tertiary/aromatic N) is 2. The minimum absolute atomic E-state index is 0. The summed E-state index contributed by atoms with van der Waals surface area (Å²) in [6.45, 7) is 6.12. The Morgan fingerprint density at radius 2 is 1.96 bits per heavy atom. The van der Waals surface area contributed by atoms with Gasteiger partial charge in [-0.25, -0.2) is 0 Å². The van der Waals surface area contributed by atoms with Crippen LogP contribution in [0.5, 0.6) is 5.75 Å². The van der Waals surface area contributed by atoms with E-state index in [9.17, 15) is 4.79 Å². The molecule has 1 unspecified atom stereocenters. The summed E-state index contributed by atoms with van der Waals surface area (Å²) in [5.74, 6) is 2.80. The first-order valence-corrected chi connectivity index (χ1v) is 9.66. The Morgan fingerprint density at radius 3 is 2.59 bits per heavy atom. The predicted octanol–water partition coefficient (Wildman–Crippen LogP) is 2.59. The zero-order valence-electron chi connectivity index (χ0n) is 16.2. The minimum atomic E-state index is 0. The van der Waals surface area contributed by atoms with Gasteiger partial charge in [-0.3, -0.25) is 9.79 Å². The molecule has 27 heavy (non-hydrogen) atoms. The van der Waals surface area contributed by atoms with Gasteiger partial charge in [0.15, 0.2) is 5.96 Å². The van der Waals surface area contributed by atoms with Gasteiger partial charge in [-0.2, -0.15) is 0 Å². The second kappa shape index (κ2) is 10.7. The van der Waals surface area contributed by atoms with Crippen molar-refractivity contribution < 1.29 is 9.53 Å². The van der Waals surface area contributed by atoms with Crippen LogP contribution in [0.15, 0.2) is 29.3 Å². The van der Waals surface area contributed by atoms with Crippen LogP contribution in [0.2, 0.25) is 0 Å². The van der Waals surface area contributed by atoms with E-state index in [1.165, 1.54) is 5.56 Å². The van der Waals surface area contributed by atoms with Crippen molar-refractivity contribution in [3.8, 4) is 5.75 Å². The molecule has 1 aromatic carbocycles. The number of methoxy groups -OCH3 is 1. The molecule has 1 heterocycles. The van der Waals surface area contributed by atoms with Gasteiger partial charge in [0.25, 0.3) is 0 Å². The van der Waals surface area contributed by atoms with Crippen LogP contribution in [0, 0.1) is 5.92 Å². The third-order valence-electron chi connectivity index (χ3n) is 5.03. The molecule has 1 aliphatic carbocycles. The van der Waals surface area contributed by atoms with Gasteiger partial charge in [-0.15, -0.1) is 24.0 Å². The number of guanidine groups is 1. The van der Waals surface area contributed by atoms with E-state index in [-0.39, 0.29) is 35.8 Å². The van der Waals surface area contributed by atoms with Gasteiger partial charge in [0.2, 0.25) is 5.91 Å². The van der Waals surface area contributed by atoms with E-state index in [2.05, 4.69) is 34.6 Å². The monoisotopic (exact) mass is 486 g/mol. The van der Waals surface area contributed by atoms with Gasteiger partial charge in [0.1, 0.15) is 5.75 Å². The minimum Gasteiger partial charge on any atom is -0.497 e. The second-order valence-corrected chi connectivity index (χ2v) is 7.01. The highest BCUT2D eigenvalue weighted by atomic mass is 127. The lowest BCUT2D eigenvalue weighted by molar-refractivity contribution is -0.122. The molecule has 1 aromatic rings. The number of hydrogen-bond acceptors (Lipinski definition) is 3. The standard InChI is InChI=1S/C20H30N4O2.HI/c1-3-21-20(23-12-11-22-19(25)16-4-5-16)24-13-10-17(14-24)15-6-8-18(26-2)9-7-15;/h6-9,16-17H,3-5,10-14H2,1-2H3,(H,21,23)(H,22,25);1H. The van der Waals surface area contributed by atoms with Crippen molar-refractivity contribution >= 4 is 35.8 Å². The number of carbonyl (C=O) groups excluding carboxylic acids is 1. The van der Waals surface area contributed by atoms with Crippen LogP contribution in [0.1, 0.15) is 37.7 Å². The van der Waals surface area contributed by atoms with E-state index in [4.69, 9.17) is 9.73 Å². The molecule has 3 rings (SSSR count). The van der Waals surface area contributed by atoms with E-state index < -0.39 is 0 Å². The highest BCUT2D eigenvalue weighted by Crippen LogP contribution is 2.29. The van der Waals surface area contributed by atoms with Crippen LogP contribution in [0.4, 0.5) is 0 Å². The Balaban J connectivity index is 0.00000261. The van der Waals surface area contributed by atoms with E-state index in [1.807, 2.05) is 12.1 Å². The highest BCUT2D eigenvalue weighted by molar-refractivity contribution is 14.0. The molecule has 0 radical (unpaired) electrons. The Hall–Kier alpha value is -1.51. The van der Waals surface area contributed by atoms with Crippen molar-refractivity contribution in [2.45, 2.75) is 32.1 Å². The van der Waals surface area contributed by atoms with Crippen molar-refractivity contribution in [1.29, 1.82) is 0 Å².